The van der Waals surface area contributed by atoms with Crippen LogP contribution in [-0.2, 0) is 17.3 Å². The zero-order chi connectivity index (χ0) is 20.6. The van der Waals surface area contributed by atoms with Crippen molar-refractivity contribution in [1.82, 2.24) is 19.7 Å². The zero-order valence-electron chi connectivity index (χ0n) is 16.8. The van der Waals surface area contributed by atoms with E-state index in [4.69, 9.17) is 11.6 Å². The molecule has 0 unspecified atom stereocenters. The van der Waals surface area contributed by atoms with Gasteiger partial charge in [-0.25, -0.2) is 0 Å². The minimum absolute atomic E-state index is 0.0617. The lowest BCUT2D eigenvalue weighted by Gasteiger charge is -2.15. The second-order valence-corrected chi connectivity index (χ2v) is 8.24. The first-order valence-corrected chi connectivity index (χ1v) is 9.98. The molecule has 1 fully saturated rings. The second-order valence-electron chi connectivity index (χ2n) is 7.83. The Hall–Kier alpha value is -2.70. The molecule has 0 aliphatic heterocycles. The third-order valence-electron chi connectivity index (χ3n) is 5.33. The van der Waals surface area contributed by atoms with Crippen LogP contribution in [0.25, 0.3) is 11.4 Å². The van der Waals surface area contributed by atoms with Crippen LogP contribution in [0.3, 0.4) is 0 Å². The smallest absolute Gasteiger partial charge is 0.238 e. The molecule has 1 aliphatic rings. The molecule has 1 saturated carbocycles. The van der Waals surface area contributed by atoms with Gasteiger partial charge in [0.05, 0.1) is 17.0 Å². The van der Waals surface area contributed by atoms with E-state index in [1.54, 1.807) is 6.07 Å². The Labute approximate surface area is 175 Å². The second kappa shape index (κ2) is 7.61. The van der Waals surface area contributed by atoms with E-state index in [0.29, 0.717) is 17.3 Å². The lowest BCUT2D eigenvalue weighted by Crippen LogP contribution is -2.27. The van der Waals surface area contributed by atoms with Gasteiger partial charge in [-0.15, -0.1) is 10.2 Å². The van der Waals surface area contributed by atoms with Gasteiger partial charge in [-0.3, -0.25) is 4.79 Å². The predicted molar refractivity (Wildman–Crippen MR) is 115 cm³/mol. The van der Waals surface area contributed by atoms with E-state index >= 15 is 0 Å². The first-order valence-electron chi connectivity index (χ1n) is 9.60. The number of likely N-dealkylation sites (N-methyl/N-ethyl adjacent to an activating group) is 1. The molecule has 1 amide bonds. The van der Waals surface area contributed by atoms with Gasteiger partial charge in [0, 0.05) is 18.3 Å². The van der Waals surface area contributed by atoms with Crippen molar-refractivity contribution >= 4 is 23.2 Å². The number of hydrogen-bond donors (Lipinski definition) is 1. The average molecular weight is 410 g/mol. The summed E-state index contributed by atoms with van der Waals surface area (Å²) < 4.78 is 2.03. The molecule has 0 bridgehead atoms. The highest BCUT2D eigenvalue weighted by Crippen LogP contribution is 2.53. The Balaban J connectivity index is 1.61. The normalized spacial score (nSPS) is 14.8. The van der Waals surface area contributed by atoms with Gasteiger partial charge < -0.3 is 14.8 Å². The third kappa shape index (κ3) is 3.78. The predicted octanol–water partition coefficient (Wildman–Crippen LogP) is 3.72. The number of aromatic nitrogens is 3. The lowest BCUT2D eigenvalue weighted by molar-refractivity contribution is -0.116. The molecule has 4 rings (SSSR count). The molecule has 0 spiro atoms. The number of amides is 1. The van der Waals surface area contributed by atoms with Gasteiger partial charge in [0.2, 0.25) is 5.91 Å². The van der Waals surface area contributed by atoms with Gasteiger partial charge in [-0.1, -0.05) is 41.9 Å². The number of carbonyl (C=O) groups excluding carboxylic acids is 1. The molecular formula is C22H24ClN5O. The topological polar surface area (TPSA) is 63.1 Å². The molecule has 3 aromatic rings. The van der Waals surface area contributed by atoms with Crippen LogP contribution in [0.5, 0.6) is 0 Å². The van der Waals surface area contributed by atoms with Crippen LogP contribution in [0.1, 0.15) is 24.2 Å². The molecule has 29 heavy (non-hydrogen) atoms. The highest BCUT2D eigenvalue weighted by Gasteiger charge is 2.49. The summed E-state index contributed by atoms with van der Waals surface area (Å²) in [5.74, 6) is 1.59. The molecule has 1 aliphatic carbocycles. The SMILES string of the molecule is CN(C)CC(=O)Nc1ccc(-c2nnc(C3(c4ccccc4)CC3)n2C)c(Cl)c1. The van der Waals surface area contributed by atoms with Crippen molar-refractivity contribution in [2.24, 2.45) is 7.05 Å². The molecule has 1 heterocycles. The van der Waals surface area contributed by atoms with Gasteiger partial charge in [0.15, 0.2) is 5.82 Å². The highest BCUT2D eigenvalue weighted by molar-refractivity contribution is 6.33. The van der Waals surface area contributed by atoms with Gasteiger partial charge in [0.25, 0.3) is 0 Å². The van der Waals surface area contributed by atoms with Crippen molar-refractivity contribution in [3.63, 3.8) is 0 Å². The number of carbonyl (C=O) groups is 1. The van der Waals surface area contributed by atoms with Crippen molar-refractivity contribution in [2.45, 2.75) is 18.3 Å². The van der Waals surface area contributed by atoms with E-state index in [2.05, 4.69) is 39.8 Å². The fourth-order valence-corrected chi connectivity index (χ4v) is 4.03. The molecular weight excluding hydrogens is 386 g/mol. The quantitative estimate of drug-likeness (QED) is 0.674. The minimum atomic E-state index is -0.0849. The maximum Gasteiger partial charge on any atom is 0.238 e. The standard InChI is InChI=1S/C22H24ClN5O/c1-27(2)14-19(29)24-16-9-10-17(18(23)13-16)20-25-26-21(28(20)3)22(11-12-22)15-7-5-4-6-8-15/h4-10,13H,11-12,14H2,1-3H3,(H,24,29). The van der Waals surface area contributed by atoms with Crippen molar-refractivity contribution in [2.75, 3.05) is 26.0 Å². The van der Waals surface area contributed by atoms with Gasteiger partial charge in [0.1, 0.15) is 5.82 Å². The number of hydrogen-bond acceptors (Lipinski definition) is 4. The Morgan fingerprint density at radius 3 is 2.52 bits per heavy atom. The number of nitrogens with one attached hydrogen (secondary N) is 1. The molecule has 7 heteroatoms. The van der Waals surface area contributed by atoms with Crippen LogP contribution in [0.4, 0.5) is 5.69 Å². The van der Waals surface area contributed by atoms with E-state index < -0.39 is 0 Å². The number of benzene rings is 2. The molecule has 0 saturated heterocycles. The van der Waals surface area contributed by atoms with Crippen LogP contribution >= 0.6 is 11.6 Å². The summed E-state index contributed by atoms with van der Waals surface area (Å²) >= 11 is 6.54. The Bertz CT molecular complexity index is 1040. The molecule has 0 radical (unpaired) electrons. The summed E-state index contributed by atoms with van der Waals surface area (Å²) in [5, 5.41) is 12.4. The first-order chi connectivity index (χ1) is 13.9. The summed E-state index contributed by atoms with van der Waals surface area (Å²) in [6.07, 6.45) is 2.13. The summed E-state index contributed by atoms with van der Waals surface area (Å²) in [4.78, 5) is 13.8. The molecule has 1 aromatic heterocycles. The minimum Gasteiger partial charge on any atom is -0.325 e. The van der Waals surface area contributed by atoms with Crippen LogP contribution < -0.4 is 5.32 Å². The van der Waals surface area contributed by atoms with Crippen molar-refractivity contribution in [3.05, 3.63) is 64.9 Å². The van der Waals surface area contributed by atoms with Crippen LogP contribution in [0.2, 0.25) is 5.02 Å². The van der Waals surface area contributed by atoms with Crippen molar-refractivity contribution in [1.29, 1.82) is 0 Å². The molecule has 2 aromatic carbocycles. The summed E-state index contributed by atoms with van der Waals surface area (Å²) in [5.41, 5.74) is 2.67. The summed E-state index contributed by atoms with van der Waals surface area (Å²) in [6, 6.07) is 15.9. The largest absolute Gasteiger partial charge is 0.325 e. The number of rotatable bonds is 6. The zero-order valence-corrected chi connectivity index (χ0v) is 17.6. The maximum atomic E-state index is 12.0. The van der Waals surface area contributed by atoms with E-state index in [-0.39, 0.29) is 11.3 Å². The lowest BCUT2D eigenvalue weighted by atomic mass is 9.95. The van der Waals surface area contributed by atoms with E-state index in [1.807, 2.05) is 48.8 Å². The fraction of sp³-hybridized carbons (Fsp3) is 0.318. The summed E-state index contributed by atoms with van der Waals surface area (Å²) in [6.45, 7) is 0.313. The van der Waals surface area contributed by atoms with Crippen LogP contribution in [0, 0.1) is 0 Å². The number of halogens is 1. The molecule has 0 atom stereocenters. The fourth-order valence-electron chi connectivity index (χ4n) is 3.77. The molecule has 150 valence electrons. The summed E-state index contributed by atoms with van der Waals surface area (Å²) in [7, 11) is 5.68. The first kappa shape index (κ1) is 19.6. The Morgan fingerprint density at radius 2 is 1.90 bits per heavy atom. The Morgan fingerprint density at radius 1 is 1.17 bits per heavy atom. The van der Waals surface area contributed by atoms with E-state index in [0.717, 1.165) is 30.1 Å². The van der Waals surface area contributed by atoms with E-state index in [9.17, 15) is 4.79 Å². The van der Waals surface area contributed by atoms with Crippen LogP contribution in [-0.4, -0.2) is 46.2 Å². The van der Waals surface area contributed by atoms with Crippen molar-refractivity contribution < 1.29 is 4.79 Å². The van der Waals surface area contributed by atoms with Gasteiger partial charge in [-0.2, -0.15) is 0 Å². The molecule has 6 nitrogen and oxygen atoms in total. The Kier molecular flexibility index (Phi) is 5.15. The number of nitrogens with zero attached hydrogens (tertiary/aromatic N) is 4. The van der Waals surface area contributed by atoms with Crippen molar-refractivity contribution in [3.8, 4) is 11.4 Å². The van der Waals surface area contributed by atoms with Crippen LogP contribution in [0.15, 0.2) is 48.5 Å². The third-order valence-corrected chi connectivity index (χ3v) is 5.65. The molecule has 1 N–H and O–H groups in total. The highest BCUT2D eigenvalue weighted by atomic mass is 35.5. The maximum absolute atomic E-state index is 12.0. The van der Waals surface area contributed by atoms with Gasteiger partial charge in [-0.05, 0) is 50.7 Å². The van der Waals surface area contributed by atoms with Gasteiger partial charge >= 0.3 is 0 Å². The van der Waals surface area contributed by atoms with E-state index in [1.165, 1.54) is 5.56 Å². The average Bonchev–Trinajstić information content (AvgIpc) is 3.39. The number of anilines is 1. The monoisotopic (exact) mass is 409 g/mol.